The predicted molar refractivity (Wildman–Crippen MR) is 189 cm³/mol. The molecule has 12 heteroatoms. The average molecular weight is 725 g/mol. The molecule has 0 aromatic heterocycles. The van der Waals surface area contributed by atoms with Crippen molar-refractivity contribution in [3.63, 3.8) is 0 Å². The maximum Gasteiger partial charge on any atom is 0.306 e. The first kappa shape index (κ1) is 37.4. The number of carbonyl (C=O) groups excluding carboxylic acids is 3. The van der Waals surface area contributed by atoms with Crippen molar-refractivity contribution in [1.82, 2.24) is 10.6 Å². The number of aliphatic hydroxyl groups is 1. The van der Waals surface area contributed by atoms with Crippen LogP contribution in [0.1, 0.15) is 117 Å². The van der Waals surface area contributed by atoms with Gasteiger partial charge in [0.1, 0.15) is 6.10 Å². The van der Waals surface area contributed by atoms with Gasteiger partial charge in [-0.1, -0.05) is 27.2 Å². The molecule has 6 aliphatic rings. The van der Waals surface area contributed by atoms with E-state index in [1.165, 1.54) is 0 Å². The van der Waals surface area contributed by atoms with Gasteiger partial charge in [-0.3, -0.25) is 18.9 Å². The fourth-order valence-electron chi connectivity index (χ4n) is 12.0. The third kappa shape index (κ3) is 8.02. The van der Waals surface area contributed by atoms with Gasteiger partial charge in [-0.15, -0.1) is 0 Å². The number of thioether (sulfide) groups is 1. The Hall–Kier alpha value is -1.37. The lowest BCUT2D eigenvalue weighted by molar-refractivity contribution is -0.183. The number of fused-ring (bicyclic) bond motifs is 6. The zero-order valence-electron chi connectivity index (χ0n) is 29.7. The largest absolute Gasteiger partial charge is 0.462 e. The number of hydrogen-bond acceptors (Lipinski definition) is 8. The molecule has 4 N–H and O–H groups in total. The number of esters is 1. The summed E-state index contributed by atoms with van der Waals surface area (Å²) in [6.45, 7) is 7.05. The Kier molecular flexibility index (Phi) is 11.4. The van der Waals surface area contributed by atoms with Crippen LogP contribution in [0.4, 0.5) is 0 Å². The van der Waals surface area contributed by atoms with Crippen LogP contribution in [-0.4, -0.2) is 77.4 Å². The van der Waals surface area contributed by atoms with E-state index >= 15 is 0 Å². The van der Waals surface area contributed by atoms with Crippen molar-refractivity contribution in [2.45, 2.75) is 141 Å². The highest BCUT2D eigenvalue weighted by Gasteiger charge is 2.63. The number of aliphatic hydroxyl groups excluding tert-OH is 1. The number of unbranched alkanes of at least 4 members (excludes halogenated alkanes) is 1. The van der Waals surface area contributed by atoms with Crippen molar-refractivity contribution in [3.8, 4) is 0 Å². The zero-order chi connectivity index (χ0) is 35.1. The molecule has 2 unspecified atom stereocenters. The lowest BCUT2D eigenvalue weighted by atomic mass is 9.43. The summed E-state index contributed by atoms with van der Waals surface area (Å²) in [6, 6.07) is 0.309. The van der Waals surface area contributed by atoms with Crippen LogP contribution in [0.5, 0.6) is 0 Å². The molecule has 4 saturated carbocycles. The van der Waals surface area contributed by atoms with Gasteiger partial charge in [-0.2, -0.15) is 20.2 Å². The van der Waals surface area contributed by atoms with Crippen molar-refractivity contribution in [2.75, 3.05) is 18.1 Å². The summed E-state index contributed by atoms with van der Waals surface area (Å²) in [7, 11) is -4.09. The second kappa shape index (κ2) is 14.9. The van der Waals surface area contributed by atoms with Gasteiger partial charge in [0.2, 0.25) is 11.8 Å². The lowest BCUT2D eigenvalue weighted by Crippen LogP contribution is -2.58. The fraction of sp³-hybridized carbons (Fsp3) is 0.919. The number of rotatable bonds is 13. The van der Waals surface area contributed by atoms with E-state index in [0.717, 1.165) is 82.8 Å². The van der Waals surface area contributed by atoms with Crippen LogP contribution < -0.4 is 10.6 Å². The van der Waals surface area contributed by atoms with E-state index in [1.807, 2.05) is 11.8 Å². The first-order valence-electron chi connectivity index (χ1n) is 19.2. The van der Waals surface area contributed by atoms with Crippen molar-refractivity contribution in [3.05, 3.63) is 0 Å². The highest BCUT2D eigenvalue weighted by atomic mass is 32.2. The minimum atomic E-state index is -4.09. The molecule has 2 amide bonds. The fourth-order valence-corrected chi connectivity index (χ4v) is 14.0. The Labute approximate surface area is 297 Å². The molecule has 0 bridgehead atoms. The highest BCUT2D eigenvalue weighted by molar-refractivity contribution is 8.00. The summed E-state index contributed by atoms with van der Waals surface area (Å²) in [4.78, 5) is 37.0. The van der Waals surface area contributed by atoms with Crippen molar-refractivity contribution < 1.29 is 37.2 Å². The van der Waals surface area contributed by atoms with Crippen LogP contribution in [0.15, 0.2) is 0 Å². The molecule has 6 fully saturated rings. The molecule has 4 aliphatic carbocycles. The van der Waals surface area contributed by atoms with Crippen LogP contribution in [0.2, 0.25) is 0 Å². The summed E-state index contributed by atoms with van der Waals surface area (Å²) in [5, 5.41) is 18.0. The first-order chi connectivity index (χ1) is 23.2. The van der Waals surface area contributed by atoms with E-state index in [1.54, 1.807) is 0 Å². The van der Waals surface area contributed by atoms with E-state index in [0.29, 0.717) is 66.1 Å². The van der Waals surface area contributed by atoms with Crippen molar-refractivity contribution in [2.24, 2.45) is 52.3 Å². The topological polar surface area (TPSA) is 159 Å². The van der Waals surface area contributed by atoms with E-state index < -0.39 is 15.9 Å². The third-order valence-corrected chi connectivity index (χ3v) is 16.8. The second-order valence-corrected chi connectivity index (χ2v) is 20.1. The summed E-state index contributed by atoms with van der Waals surface area (Å²) < 4.78 is 36.9. The van der Waals surface area contributed by atoms with Gasteiger partial charge in [0.25, 0.3) is 10.1 Å². The van der Waals surface area contributed by atoms with Crippen LogP contribution in [-0.2, 0) is 29.2 Å². The molecule has 0 aromatic carbocycles. The number of ether oxygens (including phenoxy) is 1. The molecular formula is C37H60N2O8S2. The molecule has 278 valence electrons. The summed E-state index contributed by atoms with van der Waals surface area (Å²) in [5.74, 6) is 3.36. The molecular weight excluding hydrogens is 665 g/mol. The SMILES string of the molecule is C[C@H](CCC(=O)NCCS(=O)(=O)O)[C@H]1CC[C@H]2C3[C@@H](O)CC4C[C@H](OC(=O)CCCC[C@@H]5SC[C@@H]6CC(=O)N[C@@H]65)CC[C@]4(C)[C@H]3CC[C@]12C. The van der Waals surface area contributed by atoms with Crippen molar-refractivity contribution >= 4 is 39.7 Å². The minimum Gasteiger partial charge on any atom is -0.462 e. The van der Waals surface area contributed by atoms with Gasteiger partial charge >= 0.3 is 5.97 Å². The summed E-state index contributed by atoms with van der Waals surface area (Å²) in [6.07, 6.45) is 12.6. The van der Waals surface area contributed by atoms with Gasteiger partial charge in [0, 0.05) is 37.1 Å². The van der Waals surface area contributed by atoms with E-state index in [4.69, 9.17) is 9.29 Å². The molecule has 2 saturated heterocycles. The number of carbonyl (C=O) groups is 3. The van der Waals surface area contributed by atoms with Gasteiger partial charge in [-0.25, -0.2) is 0 Å². The molecule has 10 nitrogen and oxygen atoms in total. The molecule has 13 atom stereocenters. The highest BCUT2D eigenvalue weighted by Crippen LogP contribution is 2.68. The summed E-state index contributed by atoms with van der Waals surface area (Å²) >= 11 is 1.97. The Morgan fingerprint density at radius 2 is 1.82 bits per heavy atom. The Morgan fingerprint density at radius 3 is 2.59 bits per heavy atom. The van der Waals surface area contributed by atoms with Crippen molar-refractivity contribution in [1.29, 1.82) is 0 Å². The Morgan fingerprint density at radius 1 is 1.06 bits per heavy atom. The number of hydrogen-bond donors (Lipinski definition) is 4. The van der Waals surface area contributed by atoms with E-state index in [2.05, 4.69) is 31.4 Å². The Balaban J connectivity index is 0.964. The van der Waals surface area contributed by atoms with Crippen LogP contribution in [0.3, 0.4) is 0 Å². The summed E-state index contributed by atoms with van der Waals surface area (Å²) in [5.41, 5.74) is 0.270. The van der Waals surface area contributed by atoms with Gasteiger partial charge < -0.3 is 20.5 Å². The standard InChI is InChI=1S/C37H60N2O8S2/c1-22(8-11-31(41)38-16-17-49(44,45)46)26-9-10-27-34-28(13-15-37(26,27)3)36(2)14-12-25(19-24(36)20-29(34)40)47-33(43)7-5-4-6-30-35-23(21-48-30)18-32(42)39-35/h22-30,34-35,40H,4-21H2,1-3H3,(H,38,41)(H,39,42)(H,44,45,46)/t22-,23+,24?,25-,26-,27+,28+,29+,30+,34?,35+,36+,37-/m1/s1. The smallest absolute Gasteiger partial charge is 0.306 e. The van der Waals surface area contributed by atoms with Gasteiger partial charge in [0.15, 0.2) is 0 Å². The number of amides is 2. The lowest BCUT2D eigenvalue weighted by Gasteiger charge is -2.62. The molecule has 2 heterocycles. The van der Waals surface area contributed by atoms with E-state index in [9.17, 15) is 27.9 Å². The van der Waals surface area contributed by atoms with E-state index in [-0.39, 0.29) is 53.3 Å². The number of nitrogens with one attached hydrogen (secondary N) is 2. The molecule has 6 rings (SSSR count). The molecule has 49 heavy (non-hydrogen) atoms. The van der Waals surface area contributed by atoms with Crippen LogP contribution in [0, 0.1) is 52.3 Å². The molecule has 0 radical (unpaired) electrons. The normalized spacial score (nSPS) is 41.9. The maximum atomic E-state index is 12.9. The van der Waals surface area contributed by atoms with Gasteiger partial charge in [0.05, 0.1) is 11.9 Å². The molecule has 0 spiro atoms. The monoisotopic (exact) mass is 724 g/mol. The molecule has 2 aliphatic heterocycles. The second-order valence-electron chi connectivity index (χ2n) is 17.2. The van der Waals surface area contributed by atoms with Crippen LogP contribution in [0.25, 0.3) is 0 Å². The first-order valence-corrected chi connectivity index (χ1v) is 21.8. The molecule has 0 aromatic rings. The maximum absolute atomic E-state index is 12.9. The average Bonchev–Trinajstić information content (AvgIpc) is 3.70. The predicted octanol–water partition coefficient (Wildman–Crippen LogP) is 5.13. The minimum absolute atomic E-state index is 0.0648. The zero-order valence-corrected chi connectivity index (χ0v) is 31.4. The third-order valence-electron chi connectivity index (χ3n) is 14.5. The van der Waals surface area contributed by atoms with Crippen LogP contribution >= 0.6 is 11.8 Å². The van der Waals surface area contributed by atoms with Gasteiger partial charge in [-0.05, 0) is 129 Å². The quantitative estimate of drug-likeness (QED) is 0.115. The Bertz CT molecular complexity index is 1350.